The summed E-state index contributed by atoms with van der Waals surface area (Å²) in [7, 11) is 3.15. The molecule has 1 amide bonds. The van der Waals surface area contributed by atoms with Gasteiger partial charge in [-0.05, 0) is 6.42 Å². The third kappa shape index (κ3) is 4.96. The second kappa shape index (κ2) is 5.83. The molecule has 12 heavy (non-hydrogen) atoms. The Morgan fingerprint density at radius 1 is 1.58 bits per heavy atom. The molecule has 0 rings (SSSR count). The quantitative estimate of drug-likeness (QED) is 0.390. The van der Waals surface area contributed by atoms with Crippen LogP contribution in [0.25, 0.3) is 0 Å². The molecule has 0 atom stereocenters. The summed E-state index contributed by atoms with van der Waals surface area (Å²) in [6.07, 6.45) is 0.980. The van der Waals surface area contributed by atoms with Crippen molar-refractivity contribution in [1.82, 2.24) is 4.90 Å². The molecule has 0 fully saturated rings. The van der Waals surface area contributed by atoms with Crippen LogP contribution in [0.15, 0.2) is 5.16 Å². The molecule has 5 heteroatoms. The minimum atomic E-state index is -0.524. The maximum absolute atomic E-state index is 10.8. The first-order valence-corrected chi connectivity index (χ1v) is 4.06. The van der Waals surface area contributed by atoms with E-state index in [1.165, 1.54) is 4.90 Å². The van der Waals surface area contributed by atoms with E-state index in [0.29, 0.717) is 11.6 Å². The van der Waals surface area contributed by atoms with Gasteiger partial charge in [-0.15, -0.1) is 0 Å². The average molecular weight is 193 g/mol. The van der Waals surface area contributed by atoms with Crippen molar-refractivity contribution in [2.75, 3.05) is 14.1 Å². The predicted octanol–water partition coefficient (Wildman–Crippen LogP) is 2.04. The van der Waals surface area contributed by atoms with Crippen LogP contribution in [0.1, 0.15) is 19.8 Å². The van der Waals surface area contributed by atoms with Crippen molar-refractivity contribution in [3.8, 4) is 0 Å². The van der Waals surface area contributed by atoms with Crippen LogP contribution in [-0.4, -0.2) is 30.3 Å². The molecule has 0 aliphatic rings. The molecule has 0 aromatic carbocycles. The maximum Gasteiger partial charge on any atom is 0.435 e. The molecule has 0 aliphatic carbocycles. The summed E-state index contributed by atoms with van der Waals surface area (Å²) < 4.78 is 0. The zero-order chi connectivity index (χ0) is 9.56. The molecule has 0 radical (unpaired) electrons. The highest BCUT2D eigenvalue weighted by Gasteiger charge is 2.03. The van der Waals surface area contributed by atoms with Crippen molar-refractivity contribution in [3.05, 3.63) is 0 Å². The fourth-order valence-electron chi connectivity index (χ4n) is 0.422. The van der Waals surface area contributed by atoms with Crippen LogP contribution in [0.4, 0.5) is 4.79 Å². The topological polar surface area (TPSA) is 41.9 Å². The summed E-state index contributed by atoms with van der Waals surface area (Å²) in [5.41, 5.74) is 0. The van der Waals surface area contributed by atoms with Crippen LogP contribution < -0.4 is 0 Å². The number of hydrogen-bond acceptors (Lipinski definition) is 3. The monoisotopic (exact) mass is 192 g/mol. The van der Waals surface area contributed by atoms with Crippen LogP contribution in [0, 0.1) is 0 Å². The van der Waals surface area contributed by atoms with Crippen LogP contribution in [-0.2, 0) is 4.84 Å². The summed E-state index contributed by atoms with van der Waals surface area (Å²) in [6, 6.07) is 0. The van der Waals surface area contributed by atoms with Gasteiger partial charge in [-0.3, -0.25) is 4.84 Å². The lowest BCUT2D eigenvalue weighted by molar-refractivity contribution is 0.122. The van der Waals surface area contributed by atoms with Gasteiger partial charge in [-0.2, -0.15) is 0 Å². The molecule has 0 bridgehead atoms. The molecule has 0 spiro atoms. The summed E-state index contributed by atoms with van der Waals surface area (Å²) in [5.74, 6) is 0. The van der Waals surface area contributed by atoms with E-state index in [2.05, 4.69) is 9.99 Å². The second-order valence-corrected chi connectivity index (χ2v) is 2.91. The lowest BCUT2D eigenvalue weighted by Crippen LogP contribution is -2.21. The Labute approximate surface area is 77.1 Å². The minimum Gasteiger partial charge on any atom is -0.312 e. The molecule has 0 saturated carbocycles. The van der Waals surface area contributed by atoms with Gasteiger partial charge in [-0.25, -0.2) is 4.79 Å². The first-order valence-electron chi connectivity index (χ1n) is 3.68. The van der Waals surface area contributed by atoms with E-state index in [-0.39, 0.29) is 0 Å². The van der Waals surface area contributed by atoms with Gasteiger partial charge >= 0.3 is 6.09 Å². The van der Waals surface area contributed by atoms with Gasteiger partial charge in [0.25, 0.3) is 0 Å². The Kier molecular flexibility index (Phi) is 5.45. The molecule has 0 saturated heterocycles. The third-order valence-corrected chi connectivity index (χ3v) is 1.30. The van der Waals surface area contributed by atoms with E-state index < -0.39 is 6.09 Å². The maximum atomic E-state index is 10.8. The number of carbonyl (C=O) groups excluding carboxylic acids is 1. The standard InChI is InChI=1S/C7H13ClN2O2/c1-4-5-6(8)9-12-7(11)10(2)3/h4-5H2,1-3H3/b9-6+. The summed E-state index contributed by atoms with van der Waals surface area (Å²) in [6.45, 7) is 1.96. The Morgan fingerprint density at radius 2 is 2.17 bits per heavy atom. The number of hydrogen-bond donors (Lipinski definition) is 0. The van der Waals surface area contributed by atoms with Gasteiger partial charge < -0.3 is 4.90 Å². The Balaban J connectivity index is 3.79. The Bertz CT molecular complexity index is 180. The fraction of sp³-hybridized carbons (Fsp3) is 0.714. The first kappa shape index (κ1) is 11.2. The molecule has 4 nitrogen and oxygen atoms in total. The normalized spacial score (nSPS) is 11.2. The van der Waals surface area contributed by atoms with Crippen molar-refractivity contribution in [3.63, 3.8) is 0 Å². The molecular weight excluding hydrogens is 180 g/mol. The number of amides is 1. The van der Waals surface area contributed by atoms with E-state index >= 15 is 0 Å². The van der Waals surface area contributed by atoms with E-state index in [4.69, 9.17) is 11.6 Å². The van der Waals surface area contributed by atoms with Crippen molar-refractivity contribution in [1.29, 1.82) is 0 Å². The van der Waals surface area contributed by atoms with Crippen molar-refractivity contribution in [2.45, 2.75) is 19.8 Å². The van der Waals surface area contributed by atoms with E-state index in [9.17, 15) is 4.79 Å². The van der Waals surface area contributed by atoms with Gasteiger partial charge in [0.2, 0.25) is 0 Å². The number of rotatable bonds is 3. The van der Waals surface area contributed by atoms with Crippen LogP contribution in [0.3, 0.4) is 0 Å². The van der Waals surface area contributed by atoms with Gasteiger partial charge in [0.15, 0.2) is 0 Å². The Hall–Kier alpha value is -0.770. The smallest absolute Gasteiger partial charge is 0.312 e. The van der Waals surface area contributed by atoms with Gasteiger partial charge in [-0.1, -0.05) is 23.7 Å². The van der Waals surface area contributed by atoms with Crippen molar-refractivity contribution in [2.24, 2.45) is 5.16 Å². The zero-order valence-corrected chi connectivity index (χ0v) is 8.26. The predicted molar refractivity (Wildman–Crippen MR) is 48.4 cm³/mol. The molecule has 70 valence electrons. The average Bonchev–Trinajstić information content (AvgIpc) is 2.00. The Morgan fingerprint density at radius 3 is 2.58 bits per heavy atom. The van der Waals surface area contributed by atoms with E-state index in [0.717, 1.165) is 6.42 Å². The number of oxime groups is 1. The summed E-state index contributed by atoms with van der Waals surface area (Å²) in [4.78, 5) is 16.5. The third-order valence-electron chi connectivity index (χ3n) is 1.04. The molecule has 0 aromatic rings. The summed E-state index contributed by atoms with van der Waals surface area (Å²) in [5, 5.41) is 3.74. The number of halogens is 1. The minimum absolute atomic E-state index is 0.313. The van der Waals surface area contributed by atoms with Crippen molar-refractivity contribution >= 4 is 22.9 Å². The molecule has 0 unspecified atom stereocenters. The van der Waals surface area contributed by atoms with Crippen LogP contribution in [0.2, 0.25) is 0 Å². The largest absolute Gasteiger partial charge is 0.435 e. The highest BCUT2D eigenvalue weighted by molar-refractivity contribution is 6.65. The summed E-state index contributed by atoms with van der Waals surface area (Å²) >= 11 is 5.58. The van der Waals surface area contributed by atoms with Gasteiger partial charge in [0.05, 0.1) is 0 Å². The zero-order valence-electron chi connectivity index (χ0n) is 7.50. The highest BCUT2D eigenvalue weighted by atomic mass is 35.5. The first-order chi connectivity index (χ1) is 5.57. The SMILES string of the molecule is CCC/C(Cl)=N\OC(=O)N(C)C. The fourth-order valence-corrected chi connectivity index (χ4v) is 0.646. The highest BCUT2D eigenvalue weighted by Crippen LogP contribution is 1.98. The van der Waals surface area contributed by atoms with E-state index in [1.807, 2.05) is 6.92 Å². The molecule has 0 aromatic heterocycles. The van der Waals surface area contributed by atoms with E-state index in [1.54, 1.807) is 14.1 Å². The van der Waals surface area contributed by atoms with Crippen molar-refractivity contribution < 1.29 is 9.63 Å². The van der Waals surface area contributed by atoms with Gasteiger partial charge in [0, 0.05) is 20.5 Å². The van der Waals surface area contributed by atoms with Crippen LogP contribution >= 0.6 is 11.6 Å². The molecule has 0 N–H and O–H groups in total. The van der Waals surface area contributed by atoms with Gasteiger partial charge in [0.1, 0.15) is 5.17 Å². The second-order valence-electron chi connectivity index (χ2n) is 2.47. The number of carbonyl (C=O) groups is 1. The van der Waals surface area contributed by atoms with Crippen LogP contribution in [0.5, 0.6) is 0 Å². The number of nitrogens with zero attached hydrogens (tertiary/aromatic N) is 2. The molecule has 0 aliphatic heterocycles. The lowest BCUT2D eigenvalue weighted by Gasteiger charge is -2.05. The lowest BCUT2D eigenvalue weighted by atomic mass is 10.4. The molecular formula is C7H13ClN2O2. The molecule has 0 heterocycles.